The average molecular weight is 328 g/mol. The minimum Gasteiger partial charge on any atom is -0.467 e. The van der Waals surface area contributed by atoms with Crippen LogP contribution < -0.4 is 5.73 Å². The van der Waals surface area contributed by atoms with Gasteiger partial charge in [-0.25, -0.2) is 0 Å². The summed E-state index contributed by atoms with van der Waals surface area (Å²) < 4.78 is 5.25. The zero-order valence-electron chi connectivity index (χ0n) is 13.7. The molecule has 5 nitrogen and oxygen atoms in total. The Labute approximate surface area is 142 Å². The highest BCUT2D eigenvalue weighted by Gasteiger charge is 2.36. The Kier molecular flexibility index (Phi) is 5.02. The predicted molar refractivity (Wildman–Crippen MR) is 90.9 cm³/mol. The molecule has 1 aliphatic rings. The maximum absolute atomic E-state index is 12.8. The summed E-state index contributed by atoms with van der Waals surface area (Å²) in [6.07, 6.45) is 3.85. The number of furan rings is 1. The van der Waals surface area contributed by atoms with Crippen LogP contribution in [-0.4, -0.2) is 28.0 Å². The fraction of sp³-hybridized carbons (Fsp3) is 0.421. The van der Waals surface area contributed by atoms with Crippen molar-refractivity contribution in [2.75, 3.05) is 6.54 Å². The normalized spacial score (nSPS) is 17.1. The molecule has 24 heavy (non-hydrogen) atoms. The van der Waals surface area contributed by atoms with Gasteiger partial charge in [-0.05, 0) is 37.0 Å². The van der Waals surface area contributed by atoms with Gasteiger partial charge in [0.2, 0.25) is 5.91 Å². The Bertz CT molecular complexity index is 651. The van der Waals surface area contributed by atoms with Crippen molar-refractivity contribution in [1.82, 2.24) is 4.90 Å². The summed E-state index contributed by atoms with van der Waals surface area (Å²) in [4.78, 5) is 14.4. The number of aliphatic hydroxyl groups excluding tert-OH is 1. The first-order chi connectivity index (χ1) is 11.6. The number of amides is 1. The molecule has 128 valence electrons. The molecule has 3 rings (SSSR count). The van der Waals surface area contributed by atoms with Crippen molar-refractivity contribution in [3.05, 3.63) is 60.1 Å². The predicted octanol–water partition coefficient (Wildman–Crippen LogP) is 2.61. The molecule has 0 radical (unpaired) electrons. The van der Waals surface area contributed by atoms with Crippen molar-refractivity contribution in [2.24, 2.45) is 5.73 Å². The zero-order chi connectivity index (χ0) is 17.0. The number of rotatable bonds is 7. The summed E-state index contributed by atoms with van der Waals surface area (Å²) >= 11 is 0. The third kappa shape index (κ3) is 4.04. The molecule has 0 bridgehead atoms. The van der Waals surface area contributed by atoms with E-state index in [9.17, 15) is 9.90 Å². The number of nitrogens with zero attached hydrogens (tertiary/aromatic N) is 1. The lowest BCUT2D eigenvalue weighted by Crippen LogP contribution is -2.50. The second-order valence-corrected chi connectivity index (χ2v) is 6.68. The summed E-state index contributed by atoms with van der Waals surface area (Å²) in [7, 11) is 0. The van der Waals surface area contributed by atoms with Crippen molar-refractivity contribution in [3.63, 3.8) is 0 Å². The number of nitrogens with two attached hydrogens (primary N) is 1. The van der Waals surface area contributed by atoms with Crippen LogP contribution in [0.1, 0.15) is 43.1 Å². The van der Waals surface area contributed by atoms with Crippen LogP contribution in [0.2, 0.25) is 0 Å². The number of hydrogen-bond acceptors (Lipinski definition) is 4. The maximum Gasteiger partial charge on any atom is 0.224 e. The summed E-state index contributed by atoms with van der Waals surface area (Å²) in [5.41, 5.74) is 6.88. The molecular weight excluding hydrogens is 304 g/mol. The SMILES string of the molecule is NC1(CC(=O)N(Cc2ccccc2)CC(O)c2ccco2)CCC1. The third-order valence-electron chi connectivity index (χ3n) is 4.69. The second kappa shape index (κ2) is 7.20. The first kappa shape index (κ1) is 16.7. The number of carbonyl (C=O) groups excluding carboxylic acids is 1. The van der Waals surface area contributed by atoms with Crippen LogP contribution in [0.25, 0.3) is 0 Å². The smallest absolute Gasteiger partial charge is 0.224 e. The van der Waals surface area contributed by atoms with Gasteiger partial charge >= 0.3 is 0 Å². The lowest BCUT2D eigenvalue weighted by atomic mass is 9.75. The number of carbonyl (C=O) groups is 1. The standard InChI is InChI=1S/C19H24N2O3/c20-19(9-5-10-19)12-18(23)21(13-15-6-2-1-3-7-15)14-16(22)17-8-4-11-24-17/h1-4,6-8,11,16,22H,5,9-10,12-14,20H2. The second-order valence-electron chi connectivity index (χ2n) is 6.68. The van der Waals surface area contributed by atoms with Gasteiger partial charge in [0, 0.05) is 18.5 Å². The Balaban J connectivity index is 1.71. The Morgan fingerprint density at radius 2 is 2.00 bits per heavy atom. The molecule has 1 amide bonds. The van der Waals surface area contributed by atoms with Gasteiger partial charge in [0.05, 0.1) is 12.8 Å². The quantitative estimate of drug-likeness (QED) is 0.819. The molecule has 1 aliphatic carbocycles. The van der Waals surface area contributed by atoms with E-state index in [-0.39, 0.29) is 18.0 Å². The maximum atomic E-state index is 12.8. The molecule has 1 atom stereocenters. The van der Waals surface area contributed by atoms with E-state index in [2.05, 4.69) is 0 Å². The summed E-state index contributed by atoms with van der Waals surface area (Å²) in [5, 5.41) is 10.4. The Morgan fingerprint density at radius 3 is 2.58 bits per heavy atom. The van der Waals surface area contributed by atoms with Crippen molar-refractivity contribution < 1.29 is 14.3 Å². The Morgan fingerprint density at radius 1 is 1.25 bits per heavy atom. The molecule has 1 aromatic carbocycles. The van der Waals surface area contributed by atoms with E-state index in [1.165, 1.54) is 6.26 Å². The van der Waals surface area contributed by atoms with E-state index in [0.717, 1.165) is 24.8 Å². The molecule has 1 saturated carbocycles. The molecule has 1 unspecified atom stereocenters. The van der Waals surface area contributed by atoms with Crippen LogP contribution in [-0.2, 0) is 11.3 Å². The lowest BCUT2D eigenvalue weighted by Gasteiger charge is -2.39. The van der Waals surface area contributed by atoms with Gasteiger partial charge in [-0.2, -0.15) is 0 Å². The molecule has 0 saturated heterocycles. The first-order valence-electron chi connectivity index (χ1n) is 8.38. The van der Waals surface area contributed by atoms with Crippen molar-refractivity contribution >= 4 is 5.91 Å². The molecule has 0 aliphatic heterocycles. The van der Waals surface area contributed by atoms with Crippen LogP contribution in [0.15, 0.2) is 53.1 Å². The van der Waals surface area contributed by atoms with Gasteiger partial charge in [-0.3, -0.25) is 4.79 Å². The number of benzene rings is 1. The highest BCUT2D eigenvalue weighted by molar-refractivity contribution is 5.77. The van der Waals surface area contributed by atoms with E-state index >= 15 is 0 Å². The molecule has 1 fully saturated rings. The molecule has 1 heterocycles. The van der Waals surface area contributed by atoms with Gasteiger partial charge in [0.25, 0.3) is 0 Å². The van der Waals surface area contributed by atoms with E-state index in [4.69, 9.17) is 10.2 Å². The minimum atomic E-state index is -0.845. The summed E-state index contributed by atoms with van der Waals surface area (Å²) in [6.45, 7) is 0.644. The van der Waals surface area contributed by atoms with Gasteiger partial charge in [0.1, 0.15) is 11.9 Å². The molecule has 0 spiro atoms. The molecule has 3 N–H and O–H groups in total. The van der Waals surface area contributed by atoms with Crippen LogP contribution in [0.5, 0.6) is 0 Å². The summed E-state index contributed by atoms with van der Waals surface area (Å²) in [5.74, 6) is 0.443. The van der Waals surface area contributed by atoms with Gasteiger partial charge in [0.15, 0.2) is 0 Å². The highest BCUT2D eigenvalue weighted by atomic mass is 16.4. The largest absolute Gasteiger partial charge is 0.467 e. The highest BCUT2D eigenvalue weighted by Crippen LogP contribution is 2.33. The molecule has 2 aromatic rings. The summed E-state index contributed by atoms with van der Waals surface area (Å²) in [6, 6.07) is 13.2. The van der Waals surface area contributed by atoms with Gasteiger partial charge in [-0.1, -0.05) is 30.3 Å². The molecular formula is C19H24N2O3. The Hall–Kier alpha value is -2.11. The number of aliphatic hydroxyl groups is 1. The van der Waals surface area contributed by atoms with Crippen molar-refractivity contribution in [3.8, 4) is 0 Å². The third-order valence-corrected chi connectivity index (χ3v) is 4.69. The van der Waals surface area contributed by atoms with Crippen molar-refractivity contribution in [2.45, 2.75) is 43.9 Å². The minimum absolute atomic E-state index is 0.0216. The van der Waals surface area contributed by atoms with Crippen molar-refractivity contribution in [1.29, 1.82) is 0 Å². The van der Waals surface area contributed by atoms with Crippen LogP contribution in [0.4, 0.5) is 0 Å². The van der Waals surface area contributed by atoms with E-state index < -0.39 is 6.10 Å². The van der Waals surface area contributed by atoms with E-state index in [1.807, 2.05) is 30.3 Å². The monoisotopic (exact) mass is 328 g/mol. The topological polar surface area (TPSA) is 79.7 Å². The van der Waals surface area contributed by atoms with E-state index in [0.29, 0.717) is 18.7 Å². The van der Waals surface area contributed by atoms with Crippen LogP contribution >= 0.6 is 0 Å². The lowest BCUT2D eigenvalue weighted by molar-refractivity contribution is -0.135. The fourth-order valence-corrected chi connectivity index (χ4v) is 3.06. The molecule has 1 aromatic heterocycles. The first-order valence-corrected chi connectivity index (χ1v) is 8.38. The average Bonchev–Trinajstić information content (AvgIpc) is 3.08. The molecule has 5 heteroatoms. The van der Waals surface area contributed by atoms with Crippen LogP contribution in [0, 0.1) is 0 Å². The zero-order valence-corrected chi connectivity index (χ0v) is 13.7. The van der Waals surface area contributed by atoms with Gasteiger partial charge in [-0.15, -0.1) is 0 Å². The van der Waals surface area contributed by atoms with E-state index in [1.54, 1.807) is 17.0 Å². The van der Waals surface area contributed by atoms with Gasteiger partial charge < -0.3 is 20.2 Å². The van der Waals surface area contributed by atoms with Crippen LogP contribution in [0.3, 0.4) is 0 Å². The fourth-order valence-electron chi connectivity index (χ4n) is 3.06. The number of hydrogen-bond donors (Lipinski definition) is 2.